The van der Waals surface area contributed by atoms with Gasteiger partial charge in [0, 0.05) is 5.02 Å². The van der Waals surface area contributed by atoms with E-state index < -0.39 is 46.9 Å². The standard InChI is InChI=1S/C15H13ClF3N3O5/c1-27-12(24)14(26,15(17,18)19)9-10(20)22(13(25)21-11(9)23)6-7-4-2-3-5-8(7)16/h2-5,26H,6,20H2,1H3,(H,21,23,25). The molecule has 2 aromatic rings. The van der Waals surface area contributed by atoms with Gasteiger partial charge in [0.25, 0.3) is 11.2 Å². The fraction of sp³-hybridized carbons (Fsp3) is 0.267. The molecule has 0 aliphatic heterocycles. The van der Waals surface area contributed by atoms with Crippen molar-refractivity contribution < 1.29 is 27.8 Å². The van der Waals surface area contributed by atoms with Crippen LogP contribution in [0.1, 0.15) is 11.1 Å². The summed E-state index contributed by atoms with van der Waals surface area (Å²) < 4.78 is 44.9. The van der Waals surface area contributed by atoms with E-state index in [1.807, 2.05) is 0 Å². The van der Waals surface area contributed by atoms with Gasteiger partial charge in [0.15, 0.2) is 0 Å². The molecule has 0 amide bonds. The van der Waals surface area contributed by atoms with Crippen molar-refractivity contribution in [3.63, 3.8) is 0 Å². The highest BCUT2D eigenvalue weighted by molar-refractivity contribution is 6.31. The van der Waals surface area contributed by atoms with Gasteiger partial charge in [0.2, 0.25) is 0 Å². The maximum absolute atomic E-state index is 13.4. The van der Waals surface area contributed by atoms with Crippen LogP contribution >= 0.6 is 11.6 Å². The molecule has 0 fully saturated rings. The third kappa shape index (κ3) is 3.43. The third-order valence-corrected chi connectivity index (χ3v) is 4.15. The molecule has 0 aliphatic rings. The van der Waals surface area contributed by atoms with E-state index in [0.717, 1.165) is 0 Å². The predicted octanol–water partition coefficient (Wildman–Crippen LogP) is 0.743. The number of rotatable bonds is 4. The normalized spacial score (nSPS) is 13.9. The number of methoxy groups -OCH3 is 1. The maximum atomic E-state index is 13.4. The topological polar surface area (TPSA) is 127 Å². The van der Waals surface area contributed by atoms with E-state index in [4.69, 9.17) is 17.3 Å². The number of hydrogen-bond donors (Lipinski definition) is 3. The first-order chi connectivity index (χ1) is 12.4. The smallest absolute Gasteiger partial charge is 0.432 e. The molecule has 2 rings (SSSR count). The molecular formula is C15H13ClF3N3O5. The number of carbonyl (C=O) groups excluding carboxylic acids is 1. The molecule has 0 saturated heterocycles. The number of carbonyl (C=O) groups is 1. The summed E-state index contributed by atoms with van der Waals surface area (Å²) in [6, 6.07) is 6.06. The molecule has 27 heavy (non-hydrogen) atoms. The Morgan fingerprint density at radius 1 is 1.33 bits per heavy atom. The number of ether oxygens (including phenoxy) is 1. The minimum Gasteiger partial charge on any atom is -0.466 e. The lowest BCUT2D eigenvalue weighted by atomic mass is 9.94. The Bertz CT molecular complexity index is 1000. The van der Waals surface area contributed by atoms with Crippen molar-refractivity contribution in [3.8, 4) is 0 Å². The van der Waals surface area contributed by atoms with Crippen molar-refractivity contribution in [2.75, 3.05) is 12.8 Å². The molecular weight excluding hydrogens is 395 g/mol. The third-order valence-electron chi connectivity index (χ3n) is 3.78. The molecule has 0 aliphatic carbocycles. The second-order valence-electron chi connectivity index (χ2n) is 5.40. The first-order valence-electron chi connectivity index (χ1n) is 7.19. The van der Waals surface area contributed by atoms with Gasteiger partial charge < -0.3 is 15.6 Å². The molecule has 4 N–H and O–H groups in total. The van der Waals surface area contributed by atoms with Crippen molar-refractivity contribution >= 4 is 23.4 Å². The summed E-state index contributed by atoms with van der Waals surface area (Å²) in [6.07, 6.45) is -5.66. The molecule has 1 aromatic carbocycles. The highest BCUT2D eigenvalue weighted by Crippen LogP contribution is 2.40. The van der Waals surface area contributed by atoms with Gasteiger partial charge >= 0.3 is 17.8 Å². The number of aromatic nitrogens is 2. The zero-order valence-electron chi connectivity index (χ0n) is 13.6. The first kappa shape index (κ1) is 20.5. The molecule has 146 valence electrons. The molecule has 12 heteroatoms. The van der Waals surface area contributed by atoms with Crippen LogP contribution in [0.25, 0.3) is 0 Å². The molecule has 1 unspecified atom stereocenters. The number of anilines is 1. The van der Waals surface area contributed by atoms with Crippen LogP contribution in [0, 0.1) is 0 Å². The lowest BCUT2D eigenvalue weighted by Gasteiger charge is -2.28. The van der Waals surface area contributed by atoms with E-state index in [1.165, 1.54) is 12.1 Å². The van der Waals surface area contributed by atoms with Crippen LogP contribution in [0.2, 0.25) is 5.02 Å². The fourth-order valence-electron chi connectivity index (χ4n) is 2.40. The van der Waals surface area contributed by atoms with Gasteiger partial charge in [-0.05, 0) is 11.6 Å². The molecule has 1 atom stereocenters. The van der Waals surface area contributed by atoms with E-state index in [1.54, 1.807) is 17.1 Å². The second kappa shape index (κ2) is 7.08. The first-order valence-corrected chi connectivity index (χ1v) is 7.57. The van der Waals surface area contributed by atoms with Crippen molar-refractivity contribution in [1.82, 2.24) is 9.55 Å². The Hall–Kier alpha value is -2.79. The van der Waals surface area contributed by atoms with E-state index in [0.29, 0.717) is 17.2 Å². The van der Waals surface area contributed by atoms with Crippen LogP contribution in [0.5, 0.6) is 0 Å². The summed E-state index contributed by atoms with van der Waals surface area (Å²) in [5, 5.41) is 10.2. The van der Waals surface area contributed by atoms with E-state index in [-0.39, 0.29) is 5.02 Å². The number of benzene rings is 1. The molecule has 0 radical (unpaired) electrons. The van der Waals surface area contributed by atoms with E-state index in [9.17, 15) is 32.7 Å². The number of hydrogen-bond acceptors (Lipinski definition) is 6. The number of halogens is 4. The summed E-state index contributed by atoms with van der Waals surface area (Å²) in [6.45, 7) is -0.427. The van der Waals surface area contributed by atoms with Gasteiger partial charge in [-0.15, -0.1) is 0 Å². The average Bonchev–Trinajstić information content (AvgIpc) is 2.57. The maximum Gasteiger partial charge on any atom is 0.432 e. The number of aliphatic hydroxyl groups is 1. The number of nitrogens with two attached hydrogens (primary N) is 1. The lowest BCUT2D eigenvalue weighted by molar-refractivity contribution is -0.267. The largest absolute Gasteiger partial charge is 0.466 e. The Morgan fingerprint density at radius 3 is 2.44 bits per heavy atom. The van der Waals surface area contributed by atoms with Gasteiger partial charge in [0.05, 0.1) is 13.7 Å². The number of alkyl halides is 3. The quantitative estimate of drug-likeness (QED) is 0.642. The van der Waals surface area contributed by atoms with Crippen LogP contribution in [0.3, 0.4) is 0 Å². The Labute approximate surface area is 153 Å². The van der Waals surface area contributed by atoms with Crippen LogP contribution in [0.15, 0.2) is 33.9 Å². The minimum atomic E-state index is -5.66. The molecule has 8 nitrogen and oxygen atoms in total. The highest BCUT2D eigenvalue weighted by atomic mass is 35.5. The number of H-pyrrole nitrogens is 1. The SMILES string of the molecule is COC(=O)C(O)(c1c(N)n(Cc2ccccc2Cl)c(=O)[nH]c1=O)C(F)(F)F. The molecule has 1 heterocycles. The van der Waals surface area contributed by atoms with Crippen molar-refractivity contribution in [2.45, 2.75) is 18.3 Å². The predicted molar refractivity (Wildman–Crippen MR) is 88.3 cm³/mol. The van der Waals surface area contributed by atoms with Crippen molar-refractivity contribution in [1.29, 1.82) is 0 Å². The zero-order chi connectivity index (χ0) is 20.6. The molecule has 0 bridgehead atoms. The fourth-order valence-corrected chi connectivity index (χ4v) is 2.59. The summed E-state index contributed by atoms with van der Waals surface area (Å²) in [5.41, 5.74) is -2.91. The van der Waals surface area contributed by atoms with Gasteiger partial charge in [-0.1, -0.05) is 29.8 Å². The molecule has 1 aromatic heterocycles. The number of aromatic amines is 1. The van der Waals surface area contributed by atoms with Crippen LogP contribution < -0.4 is 17.0 Å². The van der Waals surface area contributed by atoms with E-state index >= 15 is 0 Å². The summed E-state index contributed by atoms with van der Waals surface area (Å²) in [5.74, 6) is -3.25. The van der Waals surface area contributed by atoms with Crippen LogP contribution in [0.4, 0.5) is 19.0 Å². The van der Waals surface area contributed by atoms with Gasteiger partial charge in [-0.3, -0.25) is 14.3 Å². The molecule has 0 spiro atoms. The summed E-state index contributed by atoms with van der Waals surface area (Å²) in [4.78, 5) is 37.3. The molecule has 0 saturated carbocycles. The van der Waals surface area contributed by atoms with Crippen molar-refractivity contribution in [3.05, 3.63) is 61.3 Å². The van der Waals surface area contributed by atoms with Gasteiger partial charge in [-0.2, -0.15) is 13.2 Å². The van der Waals surface area contributed by atoms with Gasteiger partial charge in [0.1, 0.15) is 11.4 Å². The summed E-state index contributed by atoms with van der Waals surface area (Å²) in [7, 11) is 0.586. The highest BCUT2D eigenvalue weighted by Gasteiger charge is 2.64. The minimum absolute atomic E-state index is 0.176. The monoisotopic (exact) mass is 407 g/mol. The Kier molecular flexibility index (Phi) is 5.38. The Balaban J connectivity index is 2.79. The Morgan fingerprint density at radius 2 is 1.93 bits per heavy atom. The number of nitrogen functional groups attached to an aromatic ring is 1. The zero-order valence-corrected chi connectivity index (χ0v) is 14.4. The summed E-state index contributed by atoms with van der Waals surface area (Å²) >= 11 is 5.95. The number of nitrogens with zero attached hydrogens (tertiary/aromatic N) is 1. The number of esters is 1. The lowest BCUT2D eigenvalue weighted by Crippen LogP contribution is -2.54. The van der Waals surface area contributed by atoms with Gasteiger partial charge in [-0.25, -0.2) is 9.59 Å². The van der Waals surface area contributed by atoms with Crippen LogP contribution in [-0.2, 0) is 21.7 Å². The van der Waals surface area contributed by atoms with Crippen LogP contribution in [-0.4, -0.2) is 33.9 Å². The number of nitrogens with one attached hydrogen (secondary N) is 1. The average molecular weight is 408 g/mol. The second-order valence-corrected chi connectivity index (χ2v) is 5.80. The van der Waals surface area contributed by atoms with Crippen molar-refractivity contribution in [2.24, 2.45) is 0 Å². The van der Waals surface area contributed by atoms with E-state index in [2.05, 4.69) is 4.74 Å².